The molecule has 0 saturated carbocycles. The largest absolute Gasteiger partial charge is 0.317 e. The maximum atomic E-state index is 12.6. The van der Waals surface area contributed by atoms with Gasteiger partial charge in [0.15, 0.2) is 5.84 Å². The van der Waals surface area contributed by atoms with Crippen molar-refractivity contribution in [1.29, 1.82) is 0 Å². The maximum absolute atomic E-state index is 12.6. The molecular formula is C19H19BrN6O. The second kappa shape index (κ2) is 7.21. The summed E-state index contributed by atoms with van der Waals surface area (Å²) in [5.74, 6) is 0.716. The molecule has 2 aliphatic rings. The Labute approximate surface area is 166 Å². The number of rotatable bonds is 3. The number of anilines is 1. The van der Waals surface area contributed by atoms with Crippen LogP contribution in [0.3, 0.4) is 0 Å². The van der Waals surface area contributed by atoms with Crippen LogP contribution in [0.4, 0.5) is 5.69 Å². The van der Waals surface area contributed by atoms with Gasteiger partial charge < -0.3 is 4.90 Å². The molecular weight excluding hydrogens is 408 g/mol. The van der Waals surface area contributed by atoms with Crippen LogP contribution in [0.1, 0.15) is 11.3 Å². The molecule has 0 N–H and O–H groups in total. The molecule has 138 valence electrons. The quantitative estimate of drug-likeness (QED) is 0.754. The minimum Gasteiger partial charge on any atom is -0.317 e. The first-order valence-electron chi connectivity index (χ1n) is 8.59. The van der Waals surface area contributed by atoms with Gasteiger partial charge in [0.25, 0.3) is 5.91 Å². The molecule has 2 aliphatic heterocycles. The first-order valence-corrected chi connectivity index (χ1v) is 9.38. The Morgan fingerprint density at radius 1 is 1.22 bits per heavy atom. The number of pyridine rings is 1. The van der Waals surface area contributed by atoms with E-state index in [-0.39, 0.29) is 12.5 Å². The highest BCUT2D eigenvalue weighted by Gasteiger charge is 2.32. The van der Waals surface area contributed by atoms with E-state index < -0.39 is 0 Å². The number of hydrogen-bond donors (Lipinski definition) is 0. The van der Waals surface area contributed by atoms with Crippen molar-refractivity contribution in [2.24, 2.45) is 10.1 Å². The van der Waals surface area contributed by atoms with Gasteiger partial charge in [0.05, 0.1) is 30.3 Å². The zero-order valence-electron chi connectivity index (χ0n) is 15.1. The lowest BCUT2D eigenvalue weighted by Gasteiger charge is -2.33. The topological polar surface area (TPSA) is 64.4 Å². The predicted molar refractivity (Wildman–Crippen MR) is 109 cm³/mol. The van der Waals surface area contributed by atoms with Gasteiger partial charge in [0.1, 0.15) is 6.54 Å². The number of aromatic nitrogens is 1. The lowest BCUT2D eigenvalue weighted by molar-refractivity contribution is -0.131. The van der Waals surface area contributed by atoms with Crippen molar-refractivity contribution >= 4 is 39.1 Å². The second-order valence-corrected chi connectivity index (χ2v) is 7.57. The zero-order chi connectivity index (χ0) is 19.0. The molecule has 4 rings (SSSR count). The maximum Gasteiger partial charge on any atom is 0.263 e. The van der Waals surface area contributed by atoms with Gasteiger partial charge in [0.2, 0.25) is 0 Å². The SMILES string of the molecule is CN(C)CN1N=C2CN=C(c3ccccn3)c3cc(Br)ccc3N2CC1=O. The summed E-state index contributed by atoms with van der Waals surface area (Å²) in [5.41, 5.74) is 3.45. The predicted octanol–water partition coefficient (Wildman–Crippen LogP) is 2.18. The number of nitrogens with zero attached hydrogens (tertiary/aromatic N) is 6. The van der Waals surface area contributed by atoms with Crippen LogP contribution in [0.25, 0.3) is 0 Å². The van der Waals surface area contributed by atoms with Gasteiger partial charge in [-0.05, 0) is 44.4 Å². The van der Waals surface area contributed by atoms with Crippen LogP contribution >= 0.6 is 15.9 Å². The second-order valence-electron chi connectivity index (χ2n) is 6.66. The van der Waals surface area contributed by atoms with Gasteiger partial charge in [-0.15, -0.1) is 0 Å². The van der Waals surface area contributed by atoms with Crippen molar-refractivity contribution in [2.75, 3.05) is 38.8 Å². The standard InChI is InChI=1S/C19H19BrN6O/c1-24(2)12-26-18(27)11-25-16-7-6-13(20)9-14(16)19(22-10-17(25)23-26)15-5-3-4-8-21-15/h3-9H,10-12H2,1-2H3. The van der Waals surface area contributed by atoms with E-state index in [0.29, 0.717) is 13.2 Å². The summed E-state index contributed by atoms with van der Waals surface area (Å²) in [6.07, 6.45) is 1.76. The van der Waals surface area contributed by atoms with E-state index in [1.807, 2.05) is 60.3 Å². The number of amidine groups is 1. The summed E-state index contributed by atoms with van der Waals surface area (Å²) < 4.78 is 0.947. The number of hydrazone groups is 1. The summed E-state index contributed by atoms with van der Waals surface area (Å²) in [4.78, 5) is 25.8. The molecule has 0 bridgehead atoms. The van der Waals surface area contributed by atoms with E-state index in [2.05, 4.69) is 26.0 Å². The normalized spacial score (nSPS) is 16.5. The van der Waals surface area contributed by atoms with E-state index in [1.54, 1.807) is 6.20 Å². The molecule has 7 nitrogen and oxygen atoms in total. The summed E-state index contributed by atoms with van der Waals surface area (Å²) in [6, 6.07) is 11.7. The Morgan fingerprint density at radius 2 is 2.07 bits per heavy atom. The van der Waals surface area contributed by atoms with Crippen LogP contribution in [0.5, 0.6) is 0 Å². The van der Waals surface area contributed by atoms with Gasteiger partial charge in [0, 0.05) is 16.2 Å². The summed E-state index contributed by atoms with van der Waals surface area (Å²) in [6.45, 7) is 1.07. The summed E-state index contributed by atoms with van der Waals surface area (Å²) >= 11 is 3.55. The van der Waals surface area contributed by atoms with Crippen LogP contribution < -0.4 is 4.90 Å². The van der Waals surface area contributed by atoms with Crippen LogP contribution in [0.15, 0.2) is 57.2 Å². The minimum absolute atomic E-state index is 0.0393. The number of benzene rings is 1. The van der Waals surface area contributed by atoms with Gasteiger partial charge in [-0.1, -0.05) is 22.0 Å². The molecule has 2 aromatic rings. The number of aliphatic imine (C=N–C) groups is 1. The number of halogens is 1. The van der Waals surface area contributed by atoms with Crippen molar-refractivity contribution in [3.05, 3.63) is 58.3 Å². The highest BCUT2D eigenvalue weighted by molar-refractivity contribution is 9.10. The third-order valence-corrected chi connectivity index (χ3v) is 4.83. The molecule has 0 unspecified atom stereocenters. The highest BCUT2D eigenvalue weighted by Crippen LogP contribution is 2.30. The zero-order valence-corrected chi connectivity index (χ0v) is 16.7. The van der Waals surface area contributed by atoms with Crippen molar-refractivity contribution in [3.8, 4) is 0 Å². The number of amides is 1. The van der Waals surface area contributed by atoms with Crippen LogP contribution in [-0.2, 0) is 4.79 Å². The fourth-order valence-electron chi connectivity index (χ4n) is 3.17. The number of carbonyl (C=O) groups excluding carboxylic acids is 1. The molecule has 0 atom stereocenters. The molecule has 0 aliphatic carbocycles. The Morgan fingerprint density at radius 3 is 2.81 bits per heavy atom. The smallest absolute Gasteiger partial charge is 0.263 e. The fraction of sp³-hybridized carbons (Fsp3) is 0.263. The van der Waals surface area contributed by atoms with Gasteiger partial charge in [-0.3, -0.25) is 19.7 Å². The summed E-state index contributed by atoms with van der Waals surface area (Å²) in [7, 11) is 3.83. The summed E-state index contributed by atoms with van der Waals surface area (Å²) in [5, 5.41) is 6.09. The highest BCUT2D eigenvalue weighted by atomic mass is 79.9. The lowest BCUT2D eigenvalue weighted by atomic mass is 10.0. The Kier molecular flexibility index (Phi) is 4.75. The van der Waals surface area contributed by atoms with E-state index in [4.69, 9.17) is 4.99 Å². The monoisotopic (exact) mass is 426 g/mol. The number of hydrogen-bond acceptors (Lipinski definition) is 6. The van der Waals surface area contributed by atoms with E-state index >= 15 is 0 Å². The van der Waals surface area contributed by atoms with Crippen LogP contribution in [-0.4, -0.2) is 66.2 Å². The lowest BCUT2D eigenvalue weighted by Crippen LogP contribution is -2.50. The molecule has 0 radical (unpaired) electrons. The van der Waals surface area contributed by atoms with Crippen molar-refractivity contribution < 1.29 is 4.79 Å². The van der Waals surface area contributed by atoms with E-state index in [9.17, 15) is 4.79 Å². The molecule has 1 aromatic heterocycles. The molecule has 3 heterocycles. The molecule has 0 saturated heterocycles. The van der Waals surface area contributed by atoms with E-state index in [0.717, 1.165) is 33.0 Å². The van der Waals surface area contributed by atoms with Gasteiger partial charge >= 0.3 is 0 Å². The molecule has 0 fully saturated rings. The molecule has 1 aromatic carbocycles. The molecule has 1 amide bonds. The van der Waals surface area contributed by atoms with E-state index in [1.165, 1.54) is 5.01 Å². The fourth-order valence-corrected chi connectivity index (χ4v) is 3.53. The van der Waals surface area contributed by atoms with Gasteiger partial charge in [-0.25, -0.2) is 5.01 Å². The van der Waals surface area contributed by atoms with Crippen molar-refractivity contribution in [2.45, 2.75) is 0 Å². The minimum atomic E-state index is -0.0393. The van der Waals surface area contributed by atoms with Crippen molar-refractivity contribution in [3.63, 3.8) is 0 Å². The molecule has 27 heavy (non-hydrogen) atoms. The van der Waals surface area contributed by atoms with Gasteiger partial charge in [-0.2, -0.15) is 5.10 Å². The average Bonchev–Trinajstić information content (AvgIpc) is 2.79. The Balaban J connectivity index is 1.84. The number of fused-ring (bicyclic) bond motifs is 3. The third kappa shape index (κ3) is 3.50. The first-order chi connectivity index (χ1) is 13.0. The molecule has 0 spiro atoms. The van der Waals surface area contributed by atoms with Crippen LogP contribution in [0.2, 0.25) is 0 Å². The van der Waals surface area contributed by atoms with Crippen molar-refractivity contribution in [1.82, 2.24) is 14.9 Å². The third-order valence-electron chi connectivity index (χ3n) is 4.34. The first kappa shape index (κ1) is 17.8. The average molecular weight is 427 g/mol. The Hall–Kier alpha value is -2.58. The number of carbonyl (C=O) groups is 1. The molecule has 8 heteroatoms. The Bertz CT molecular complexity index is 940. The van der Waals surface area contributed by atoms with Crippen LogP contribution in [0, 0.1) is 0 Å².